The largest absolute Gasteiger partial charge is 0.372 e. The van der Waals surface area contributed by atoms with E-state index in [2.05, 4.69) is 20.5 Å². The minimum atomic E-state index is -0.565. The second-order valence-electron chi connectivity index (χ2n) is 5.06. The summed E-state index contributed by atoms with van der Waals surface area (Å²) >= 11 is 0. The summed E-state index contributed by atoms with van der Waals surface area (Å²) in [4.78, 5) is 28.4. The molecule has 2 rings (SSSR count). The van der Waals surface area contributed by atoms with Crippen molar-refractivity contribution in [3.05, 3.63) is 27.9 Å². The summed E-state index contributed by atoms with van der Waals surface area (Å²) < 4.78 is 0. The molecule has 0 aromatic carbocycles. The van der Waals surface area contributed by atoms with Gasteiger partial charge in [0.05, 0.1) is 10.5 Å². The second-order valence-corrected chi connectivity index (χ2v) is 5.06. The van der Waals surface area contributed by atoms with Gasteiger partial charge in [-0.3, -0.25) is 14.9 Å². The van der Waals surface area contributed by atoms with Gasteiger partial charge in [-0.1, -0.05) is 0 Å². The van der Waals surface area contributed by atoms with Crippen molar-refractivity contribution < 1.29 is 9.72 Å². The van der Waals surface area contributed by atoms with Crippen LogP contribution in [0.3, 0.4) is 0 Å². The zero-order valence-electron chi connectivity index (χ0n) is 12.1. The summed E-state index contributed by atoms with van der Waals surface area (Å²) in [5.41, 5.74) is -0.0185. The van der Waals surface area contributed by atoms with Crippen molar-refractivity contribution >= 4 is 17.4 Å². The van der Waals surface area contributed by atoms with E-state index in [9.17, 15) is 14.9 Å². The molecule has 1 aliphatic carbocycles. The van der Waals surface area contributed by atoms with Crippen LogP contribution in [0.2, 0.25) is 0 Å². The normalized spacial score (nSPS) is 14.0. The van der Waals surface area contributed by atoms with Crippen molar-refractivity contribution in [1.29, 1.82) is 0 Å². The number of anilines is 1. The van der Waals surface area contributed by atoms with Crippen molar-refractivity contribution in [3.63, 3.8) is 0 Å². The molecule has 0 bridgehead atoms. The quantitative estimate of drug-likeness (QED) is 0.571. The predicted molar refractivity (Wildman–Crippen MR) is 78.4 cm³/mol. The highest BCUT2D eigenvalue weighted by molar-refractivity contribution is 5.99. The molecule has 2 N–H and O–H groups in total. The van der Waals surface area contributed by atoms with E-state index in [1.165, 1.54) is 18.9 Å². The molecule has 1 saturated carbocycles. The Bertz CT molecular complexity index is 545. The molecule has 21 heavy (non-hydrogen) atoms. The SMILES string of the molecule is CNc1ncc([N+](=O)[O-])cc1C(=O)NCCN(C)C1CC1. The average Bonchev–Trinajstić information content (AvgIpc) is 3.30. The van der Waals surface area contributed by atoms with Gasteiger partial charge in [0.2, 0.25) is 0 Å². The smallest absolute Gasteiger partial charge is 0.288 e. The van der Waals surface area contributed by atoms with E-state index in [0.29, 0.717) is 18.4 Å². The molecule has 1 aromatic heterocycles. The number of pyridine rings is 1. The van der Waals surface area contributed by atoms with Crippen molar-refractivity contribution in [1.82, 2.24) is 15.2 Å². The van der Waals surface area contributed by atoms with Gasteiger partial charge >= 0.3 is 0 Å². The van der Waals surface area contributed by atoms with E-state index in [1.54, 1.807) is 7.05 Å². The molecule has 0 spiro atoms. The van der Waals surface area contributed by atoms with Crippen molar-refractivity contribution in [2.75, 3.05) is 32.5 Å². The summed E-state index contributed by atoms with van der Waals surface area (Å²) in [6.07, 6.45) is 3.55. The molecule has 1 aliphatic rings. The monoisotopic (exact) mass is 293 g/mol. The highest BCUT2D eigenvalue weighted by Gasteiger charge is 2.25. The minimum Gasteiger partial charge on any atom is -0.372 e. The molecular weight excluding hydrogens is 274 g/mol. The Morgan fingerprint density at radius 2 is 2.29 bits per heavy atom. The number of amides is 1. The number of carbonyl (C=O) groups excluding carboxylic acids is 1. The lowest BCUT2D eigenvalue weighted by molar-refractivity contribution is -0.385. The van der Waals surface area contributed by atoms with Gasteiger partial charge in [-0.25, -0.2) is 4.98 Å². The van der Waals surface area contributed by atoms with Crippen LogP contribution in [0.5, 0.6) is 0 Å². The van der Waals surface area contributed by atoms with Gasteiger partial charge in [-0.05, 0) is 19.9 Å². The average molecular weight is 293 g/mol. The zero-order chi connectivity index (χ0) is 15.4. The number of aromatic nitrogens is 1. The molecule has 1 fully saturated rings. The Labute approximate surface area is 122 Å². The molecule has 0 radical (unpaired) electrons. The first-order valence-electron chi connectivity index (χ1n) is 6.83. The van der Waals surface area contributed by atoms with Gasteiger partial charge in [0.15, 0.2) is 0 Å². The Hall–Kier alpha value is -2.22. The number of nitrogens with one attached hydrogen (secondary N) is 2. The number of hydrogen-bond acceptors (Lipinski definition) is 6. The summed E-state index contributed by atoms with van der Waals surface area (Å²) in [5.74, 6) is -0.0339. The third-order valence-corrected chi connectivity index (χ3v) is 3.49. The fourth-order valence-electron chi connectivity index (χ4n) is 2.06. The molecule has 0 unspecified atom stereocenters. The fourth-order valence-corrected chi connectivity index (χ4v) is 2.06. The van der Waals surface area contributed by atoms with E-state index in [4.69, 9.17) is 0 Å². The van der Waals surface area contributed by atoms with Crippen LogP contribution in [0.25, 0.3) is 0 Å². The third-order valence-electron chi connectivity index (χ3n) is 3.49. The van der Waals surface area contributed by atoms with Crippen LogP contribution < -0.4 is 10.6 Å². The second kappa shape index (κ2) is 6.49. The molecule has 1 aromatic rings. The van der Waals surface area contributed by atoms with Crippen molar-refractivity contribution in [2.45, 2.75) is 18.9 Å². The van der Waals surface area contributed by atoms with Gasteiger partial charge in [0, 0.05) is 32.2 Å². The summed E-state index contributed by atoms with van der Waals surface area (Å²) in [6.45, 7) is 1.26. The van der Waals surface area contributed by atoms with E-state index in [-0.39, 0.29) is 17.2 Å². The first-order valence-corrected chi connectivity index (χ1v) is 6.83. The predicted octanol–water partition coefficient (Wildman–Crippen LogP) is 0.855. The van der Waals surface area contributed by atoms with Crippen LogP contribution in [0, 0.1) is 10.1 Å². The Morgan fingerprint density at radius 1 is 1.57 bits per heavy atom. The topological polar surface area (TPSA) is 100 Å². The molecule has 0 aliphatic heterocycles. The van der Waals surface area contributed by atoms with Crippen LogP contribution in [-0.2, 0) is 0 Å². The molecule has 8 nitrogen and oxygen atoms in total. The number of rotatable bonds is 7. The summed E-state index contributed by atoms with van der Waals surface area (Å²) in [7, 11) is 3.64. The molecule has 1 heterocycles. The lowest BCUT2D eigenvalue weighted by Gasteiger charge is -2.16. The van der Waals surface area contributed by atoms with E-state index < -0.39 is 4.92 Å². The maximum absolute atomic E-state index is 12.1. The van der Waals surface area contributed by atoms with Gasteiger partial charge in [0.25, 0.3) is 11.6 Å². The highest BCUT2D eigenvalue weighted by atomic mass is 16.6. The van der Waals surface area contributed by atoms with Crippen LogP contribution in [0.4, 0.5) is 11.5 Å². The number of hydrogen-bond donors (Lipinski definition) is 2. The van der Waals surface area contributed by atoms with E-state index in [0.717, 1.165) is 12.7 Å². The van der Waals surface area contributed by atoms with E-state index in [1.807, 2.05) is 7.05 Å². The summed E-state index contributed by atoms with van der Waals surface area (Å²) in [5, 5.41) is 16.3. The van der Waals surface area contributed by atoms with Gasteiger partial charge in [-0.15, -0.1) is 0 Å². The van der Waals surface area contributed by atoms with Gasteiger partial charge in [-0.2, -0.15) is 0 Å². The van der Waals surface area contributed by atoms with Crippen LogP contribution in [0.15, 0.2) is 12.3 Å². The first-order chi connectivity index (χ1) is 10.0. The molecule has 1 amide bonds. The van der Waals surface area contributed by atoms with Gasteiger partial charge < -0.3 is 15.5 Å². The van der Waals surface area contributed by atoms with E-state index >= 15 is 0 Å². The molecule has 8 heteroatoms. The number of nitrogens with zero attached hydrogens (tertiary/aromatic N) is 3. The lowest BCUT2D eigenvalue weighted by atomic mass is 10.2. The van der Waals surface area contributed by atoms with Crippen LogP contribution >= 0.6 is 0 Å². The minimum absolute atomic E-state index is 0.181. The van der Waals surface area contributed by atoms with Gasteiger partial charge in [0.1, 0.15) is 12.0 Å². The number of nitro groups is 1. The standard InChI is InChI=1S/C13H19N5O3/c1-14-12-11(7-10(8-16-12)18(20)21)13(19)15-5-6-17(2)9-3-4-9/h7-9H,3-6H2,1-2H3,(H,14,16)(H,15,19). The highest BCUT2D eigenvalue weighted by Crippen LogP contribution is 2.24. The maximum atomic E-state index is 12.1. The first kappa shape index (κ1) is 15.2. The molecular formula is C13H19N5O3. The maximum Gasteiger partial charge on any atom is 0.288 e. The van der Waals surface area contributed by atoms with Crippen LogP contribution in [0.1, 0.15) is 23.2 Å². The lowest BCUT2D eigenvalue weighted by Crippen LogP contribution is -2.34. The molecule has 0 saturated heterocycles. The fraction of sp³-hybridized carbons (Fsp3) is 0.538. The third kappa shape index (κ3) is 3.88. The summed E-state index contributed by atoms with van der Waals surface area (Å²) in [6, 6.07) is 1.87. The van der Waals surface area contributed by atoms with Crippen LogP contribution in [-0.4, -0.2) is 53.9 Å². The number of likely N-dealkylation sites (N-methyl/N-ethyl adjacent to an activating group) is 1. The molecule has 0 atom stereocenters. The Morgan fingerprint density at radius 3 is 2.86 bits per heavy atom. The Balaban J connectivity index is 1.99. The number of carbonyl (C=O) groups is 1. The zero-order valence-corrected chi connectivity index (χ0v) is 12.1. The van der Waals surface area contributed by atoms with Crippen molar-refractivity contribution in [2.24, 2.45) is 0 Å². The molecule has 114 valence electrons. The Kier molecular flexibility index (Phi) is 4.69. The van der Waals surface area contributed by atoms with Crippen molar-refractivity contribution in [3.8, 4) is 0 Å².